The standard InChI is InChI=1S/C10H14N2O3/c1-6(2)10-11-7(5-9(13)14)4-8(12-10)15-3/h4,6H,5H2,1-3H3,(H,13,14). The minimum Gasteiger partial charge on any atom is -0.481 e. The van der Waals surface area contributed by atoms with E-state index < -0.39 is 5.97 Å². The Morgan fingerprint density at radius 3 is 2.67 bits per heavy atom. The van der Waals surface area contributed by atoms with Crippen LogP contribution in [0, 0.1) is 0 Å². The van der Waals surface area contributed by atoms with Crippen LogP contribution >= 0.6 is 0 Å². The molecular weight excluding hydrogens is 196 g/mol. The third-order valence-corrected chi connectivity index (χ3v) is 1.83. The Hall–Kier alpha value is -1.65. The van der Waals surface area contributed by atoms with Gasteiger partial charge in [-0.2, -0.15) is 4.98 Å². The maximum atomic E-state index is 10.5. The first-order chi connectivity index (χ1) is 7.02. The quantitative estimate of drug-likeness (QED) is 0.809. The highest BCUT2D eigenvalue weighted by Gasteiger charge is 2.10. The summed E-state index contributed by atoms with van der Waals surface area (Å²) in [7, 11) is 1.50. The van der Waals surface area contributed by atoms with Crippen LogP contribution in [-0.2, 0) is 11.2 Å². The summed E-state index contributed by atoms with van der Waals surface area (Å²) in [6.07, 6.45) is -0.113. The van der Waals surface area contributed by atoms with Crippen LogP contribution in [0.3, 0.4) is 0 Å². The minimum atomic E-state index is -0.912. The Balaban J connectivity index is 3.05. The first-order valence-electron chi connectivity index (χ1n) is 4.66. The van der Waals surface area contributed by atoms with Crippen LogP contribution < -0.4 is 4.74 Å². The van der Waals surface area contributed by atoms with E-state index >= 15 is 0 Å². The zero-order valence-corrected chi connectivity index (χ0v) is 9.02. The maximum absolute atomic E-state index is 10.5. The molecule has 5 nitrogen and oxygen atoms in total. The molecule has 0 amide bonds. The molecule has 1 rings (SSSR count). The monoisotopic (exact) mass is 210 g/mol. The molecule has 82 valence electrons. The molecule has 0 aromatic carbocycles. The number of carboxylic acids is 1. The number of aliphatic carboxylic acids is 1. The van der Waals surface area contributed by atoms with Crippen molar-refractivity contribution in [3.63, 3.8) is 0 Å². The summed E-state index contributed by atoms with van der Waals surface area (Å²) >= 11 is 0. The molecule has 0 saturated carbocycles. The van der Waals surface area contributed by atoms with Crippen LogP contribution in [0.15, 0.2) is 6.07 Å². The van der Waals surface area contributed by atoms with Crippen LogP contribution in [0.2, 0.25) is 0 Å². The number of rotatable bonds is 4. The van der Waals surface area contributed by atoms with Crippen LogP contribution in [0.25, 0.3) is 0 Å². The average molecular weight is 210 g/mol. The van der Waals surface area contributed by atoms with Crippen molar-refractivity contribution in [2.24, 2.45) is 0 Å². The average Bonchev–Trinajstić information content (AvgIpc) is 2.16. The smallest absolute Gasteiger partial charge is 0.309 e. The lowest BCUT2D eigenvalue weighted by Crippen LogP contribution is -2.07. The van der Waals surface area contributed by atoms with E-state index in [1.54, 1.807) is 6.07 Å². The van der Waals surface area contributed by atoms with Crippen molar-refractivity contribution in [2.75, 3.05) is 7.11 Å². The maximum Gasteiger partial charge on any atom is 0.309 e. The largest absolute Gasteiger partial charge is 0.481 e. The second-order valence-electron chi connectivity index (χ2n) is 3.49. The predicted molar refractivity (Wildman–Crippen MR) is 54.0 cm³/mol. The van der Waals surface area contributed by atoms with Crippen molar-refractivity contribution in [2.45, 2.75) is 26.2 Å². The lowest BCUT2D eigenvalue weighted by molar-refractivity contribution is -0.136. The normalized spacial score (nSPS) is 10.4. The number of aromatic nitrogens is 2. The van der Waals surface area contributed by atoms with Crippen molar-refractivity contribution < 1.29 is 14.6 Å². The highest BCUT2D eigenvalue weighted by atomic mass is 16.5. The third kappa shape index (κ3) is 3.19. The Labute approximate surface area is 88.1 Å². The fraction of sp³-hybridized carbons (Fsp3) is 0.500. The Bertz CT molecular complexity index is 364. The van der Waals surface area contributed by atoms with Crippen LogP contribution in [0.1, 0.15) is 31.3 Å². The molecule has 0 fully saturated rings. The van der Waals surface area contributed by atoms with Crippen LogP contribution in [0.5, 0.6) is 5.88 Å². The molecule has 0 aliphatic rings. The molecule has 0 bridgehead atoms. The summed E-state index contributed by atoms with van der Waals surface area (Å²) in [4.78, 5) is 18.8. The van der Waals surface area contributed by atoms with E-state index in [0.29, 0.717) is 17.4 Å². The molecule has 0 unspecified atom stereocenters. The van der Waals surface area contributed by atoms with Gasteiger partial charge in [-0.05, 0) is 0 Å². The number of ether oxygens (including phenoxy) is 1. The molecule has 0 atom stereocenters. The van der Waals surface area contributed by atoms with Crippen molar-refractivity contribution in [3.05, 3.63) is 17.6 Å². The van der Waals surface area contributed by atoms with E-state index in [4.69, 9.17) is 9.84 Å². The van der Waals surface area contributed by atoms with Crippen molar-refractivity contribution in [1.82, 2.24) is 9.97 Å². The number of carbonyl (C=O) groups is 1. The molecule has 1 aromatic rings. The summed E-state index contributed by atoms with van der Waals surface area (Å²) in [5, 5.41) is 8.66. The topological polar surface area (TPSA) is 72.3 Å². The lowest BCUT2D eigenvalue weighted by atomic mass is 10.2. The minimum absolute atomic E-state index is 0.113. The fourth-order valence-electron chi connectivity index (χ4n) is 1.10. The summed E-state index contributed by atoms with van der Waals surface area (Å²) in [6, 6.07) is 1.54. The summed E-state index contributed by atoms with van der Waals surface area (Å²) in [6.45, 7) is 3.89. The van der Waals surface area contributed by atoms with Gasteiger partial charge in [0, 0.05) is 12.0 Å². The number of hydrogen-bond donors (Lipinski definition) is 1. The molecule has 1 aromatic heterocycles. The number of methoxy groups -OCH3 is 1. The van der Waals surface area contributed by atoms with Crippen molar-refractivity contribution in [1.29, 1.82) is 0 Å². The van der Waals surface area contributed by atoms with Crippen molar-refractivity contribution >= 4 is 5.97 Å². The Morgan fingerprint density at radius 1 is 1.53 bits per heavy atom. The molecule has 1 N–H and O–H groups in total. The van der Waals surface area contributed by atoms with Gasteiger partial charge in [0.1, 0.15) is 5.82 Å². The molecule has 0 saturated heterocycles. The van der Waals surface area contributed by atoms with Gasteiger partial charge in [-0.1, -0.05) is 13.8 Å². The summed E-state index contributed by atoms with van der Waals surface area (Å²) in [5.74, 6) is 0.244. The molecule has 0 aliphatic carbocycles. The van der Waals surface area contributed by atoms with Crippen LogP contribution in [0.4, 0.5) is 0 Å². The molecule has 5 heteroatoms. The molecule has 1 heterocycles. The Morgan fingerprint density at radius 2 is 2.20 bits per heavy atom. The third-order valence-electron chi connectivity index (χ3n) is 1.83. The molecular formula is C10H14N2O3. The van der Waals surface area contributed by atoms with Gasteiger partial charge in [0.25, 0.3) is 0 Å². The van der Waals surface area contributed by atoms with E-state index in [2.05, 4.69) is 9.97 Å². The van der Waals surface area contributed by atoms with E-state index in [-0.39, 0.29) is 12.3 Å². The van der Waals surface area contributed by atoms with Gasteiger partial charge in [-0.25, -0.2) is 4.98 Å². The first kappa shape index (κ1) is 11.4. The van der Waals surface area contributed by atoms with Crippen LogP contribution in [-0.4, -0.2) is 28.2 Å². The predicted octanol–water partition coefficient (Wildman–Crippen LogP) is 1.24. The summed E-state index contributed by atoms with van der Waals surface area (Å²) in [5.41, 5.74) is 0.470. The molecule has 15 heavy (non-hydrogen) atoms. The van der Waals surface area contributed by atoms with Gasteiger partial charge in [0.2, 0.25) is 5.88 Å². The summed E-state index contributed by atoms with van der Waals surface area (Å²) < 4.78 is 4.98. The molecule has 0 radical (unpaired) electrons. The highest BCUT2D eigenvalue weighted by molar-refractivity contribution is 5.69. The highest BCUT2D eigenvalue weighted by Crippen LogP contribution is 2.15. The van der Waals surface area contributed by atoms with E-state index in [9.17, 15) is 4.79 Å². The first-order valence-corrected chi connectivity index (χ1v) is 4.66. The lowest BCUT2D eigenvalue weighted by Gasteiger charge is -2.07. The van der Waals surface area contributed by atoms with Gasteiger partial charge < -0.3 is 9.84 Å². The van der Waals surface area contributed by atoms with E-state index in [1.165, 1.54) is 7.11 Å². The van der Waals surface area contributed by atoms with Gasteiger partial charge in [-0.15, -0.1) is 0 Å². The number of carboxylic acid groups (broad SMARTS) is 1. The number of nitrogens with zero attached hydrogens (tertiary/aromatic N) is 2. The second kappa shape index (κ2) is 4.72. The second-order valence-corrected chi connectivity index (χ2v) is 3.49. The van der Waals surface area contributed by atoms with E-state index in [0.717, 1.165) is 0 Å². The Kier molecular flexibility index (Phi) is 3.60. The van der Waals surface area contributed by atoms with Crippen molar-refractivity contribution in [3.8, 4) is 5.88 Å². The molecule has 0 aliphatic heterocycles. The SMILES string of the molecule is COc1cc(CC(=O)O)nc(C(C)C)n1. The van der Waals surface area contributed by atoms with Gasteiger partial charge in [0.05, 0.1) is 19.2 Å². The van der Waals surface area contributed by atoms with Gasteiger partial charge in [0.15, 0.2) is 0 Å². The fourth-order valence-corrected chi connectivity index (χ4v) is 1.10. The number of hydrogen-bond acceptors (Lipinski definition) is 4. The zero-order chi connectivity index (χ0) is 11.4. The zero-order valence-electron chi connectivity index (χ0n) is 9.02. The molecule has 0 spiro atoms. The van der Waals surface area contributed by atoms with E-state index in [1.807, 2.05) is 13.8 Å². The van der Waals surface area contributed by atoms with Gasteiger partial charge >= 0.3 is 5.97 Å². The van der Waals surface area contributed by atoms with Gasteiger partial charge in [-0.3, -0.25) is 4.79 Å².